The molecule has 2 aromatic carbocycles. The van der Waals surface area contributed by atoms with Gasteiger partial charge in [0.2, 0.25) is 5.91 Å². The Morgan fingerprint density at radius 3 is 2.61 bits per heavy atom. The molecule has 0 aromatic heterocycles. The van der Waals surface area contributed by atoms with Gasteiger partial charge in [-0.2, -0.15) is 0 Å². The highest BCUT2D eigenvalue weighted by Gasteiger charge is 2.20. The molecule has 148 valence electrons. The molecule has 0 spiro atoms. The van der Waals surface area contributed by atoms with E-state index in [-0.39, 0.29) is 11.8 Å². The van der Waals surface area contributed by atoms with Gasteiger partial charge in [0, 0.05) is 28.8 Å². The molecule has 7 heteroatoms. The molecule has 0 unspecified atom stereocenters. The van der Waals surface area contributed by atoms with E-state index < -0.39 is 0 Å². The highest BCUT2D eigenvalue weighted by atomic mass is 127. The predicted octanol–water partition coefficient (Wildman–Crippen LogP) is 3.76. The van der Waals surface area contributed by atoms with Gasteiger partial charge in [0.1, 0.15) is 0 Å². The van der Waals surface area contributed by atoms with Crippen molar-refractivity contribution in [3.63, 3.8) is 0 Å². The van der Waals surface area contributed by atoms with Crippen LogP contribution in [0.5, 0.6) is 11.5 Å². The maximum atomic E-state index is 12.7. The summed E-state index contributed by atoms with van der Waals surface area (Å²) >= 11 is 2.11. The van der Waals surface area contributed by atoms with Crippen LogP contribution in [-0.2, 0) is 11.3 Å². The second kappa shape index (κ2) is 9.27. The zero-order chi connectivity index (χ0) is 20.1. The molecule has 1 N–H and O–H groups in total. The smallest absolute Gasteiger partial charge is 0.252 e. The number of benzene rings is 2. The van der Waals surface area contributed by atoms with Gasteiger partial charge in [0.15, 0.2) is 11.5 Å². The van der Waals surface area contributed by atoms with E-state index >= 15 is 0 Å². The fraction of sp³-hybridized carbons (Fsp3) is 0.333. The highest BCUT2D eigenvalue weighted by molar-refractivity contribution is 14.1. The maximum Gasteiger partial charge on any atom is 0.252 e. The molecule has 0 aliphatic carbocycles. The van der Waals surface area contributed by atoms with Gasteiger partial charge in [-0.25, -0.2) is 0 Å². The summed E-state index contributed by atoms with van der Waals surface area (Å²) in [6.07, 6.45) is 2.57. The lowest BCUT2D eigenvalue weighted by molar-refractivity contribution is -0.119. The molecule has 0 radical (unpaired) electrons. The number of nitrogens with one attached hydrogen (secondary N) is 1. The van der Waals surface area contributed by atoms with E-state index in [0.29, 0.717) is 30.0 Å². The van der Waals surface area contributed by atoms with Crippen molar-refractivity contribution in [1.29, 1.82) is 0 Å². The van der Waals surface area contributed by atoms with Crippen LogP contribution in [0.1, 0.15) is 35.2 Å². The molecular formula is C21H23IN2O4. The number of hydrogen-bond donors (Lipinski definition) is 1. The van der Waals surface area contributed by atoms with E-state index in [9.17, 15) is 9.59 Å². The van der Waals surface area contributed by atoms with Crippen molar-refractivity contribution < 1.29 is 19.1 Å². The van der Waals surface area contributed by atoms with E-state index in [1.54, 1.807) is 26.4 Å². The highest BCUT2D eigenvalue weighted by Crippen LogP contribution is 2.31. The molecule has 3 rings (SSSR count). The molecule has 1 aliphatic rings. The van der Waals surface area contributed by atoms with Gasteiger partial charge in [-0.05, 0) is 65.3 Å². The summed E-state index contributed by atoms with van der Waals surface area (Å²) in [5, 5.41) is 2.94. The first-order valence-corrected chi connectivity index (χ1v) is 10.2. The number of carbonyl (C=O) groups excluding carboxylic acids is 2. The average Bonchev–Trinajstić information content (AvgIpc) is 2.72. The van der Waals surface area contributed by atoms with Gasteiger partial charge in [-0.1, -0.05) is 12.1 Å². The van der Waals surface area contributed by atoms with Crippen LogP contribution in [-0.4, -0.2) is 32.6 Å². The summed E-state index contributed by atoms with van der Waals surface area (Å²) in [4.78, 5) is 26.6. The molecule has 6 nitrogen and oxygen atoms in total. The topological polar surface area (TPSA) is 67.9 Å². The lowest BCUT2D eigenvalue weighted by Gasteiger charge is -2.27. The van der Waals surface area contributed by atoms with Crippen LogP contribution >= 0.6 is 22.6 Å². The minimum absolute atomic E-state index is 0.160. The third-order valence-corrected chi connectivity index (χ3v) is 5.61. The summed E-state index contributed by atoms with van der Waals surface area (Å²) in [6, 6.07) is 11.2. The Kier molecular flexibility index (Phi) is 6.77. The van der Waals surface area contributed by atoms with Gasteiger partial charge >= 0.3 is 0 Å². The molecule has 1 heterocycles. The molecule has 0 atom stereocenters. The standard InChI is InChI=1S/C21H23IN2O4/c1-27-18-11-16(17(22)12-19(18)28-2)21(26)23-13-14-6-5-7-15(10-14)24-9-4-3-8-20(24)25/h5-7,10-12H,3-4,8-9,13H2,1-2H3,(H,23,26). The molecule has 0 saturated carbocycles. The number of halogens is 1. The van der Waals surface area contributed by atoms with Gasteiger partial charge in [-0.3, -0.25) is 9.59 Å². The molecule has 1 fully saturated rings. The van der Waals surface area contributed by atoms with Crippen molar-refractivity contribution >= 4 is 40.1 Å². The lowest BCUT2D eigenvalue weighted by atomic mass is 10.1. The maximum absolute atomic E-state index is 12.7. The Bertz CT molecular complexity index is 885. The number of anilines is 1. The summed E-state index contributed by atoms with van der Waals surface area (Å²) < 4.78 is 11.3. The Morgan fingerprint density at radius 1 is 1.14 bits per heavy atom. The SMILES string of the molecule is COc1cc(I)c(C(=O)NCc2cccc(N3CCCCC3=O)c2)cc1OC. The van der Waals surface area contributed by atoms with E-state index in [4.69, 9.17) is 9.47 Å². The zero-order valence-corrected chi connectivity index (χ0v) is 18.1. The van der Waals surface area contributed by atoms with Crippen molar-refractivity contribution in [3.05, 3.63) is 51.1 Å². The Morgan fingerprint density at radius 2 is 1.89 bits per heavy atom. The Balaban J connectivity index is 1.71. The van der Waals surface area contributed by atoms with Gasteiger partial charge < -0.3 is 19.7 Å². The molecule has 1 saturated heterocycles. The number of methoxy groups -OCH3 is 2. The van der Waals surface area contributed by atoms with Crippen LogP contribution in [0.15, 0.2) is 36.4 Å². The summed E-state index contributed by atoms with van der Waals surface area (Å²) in [5.74, 6) is 1.07. The number of amides is 2. The van der Waals surface area contributed by atoms with Gasteiger partial charge in [0.25, 0.3) is 5.91 Å². The molecule has 2 amide bonds. The fourth-order valence-corrected chi connectivity index (χ4v) is 3.90. The summed E-state index contributed by atoms with van der Waals surface area (Å²) in [7, 11) is 3.10. The van der Waals surface area contributed by atoms with Crippen molar-refractivity contribution in [2.75, 3.05) is 25.7 Å². The van der Waals surface area contributed by atoms with Gasteiger partial charge in [0.05, 0.1) is 19.8 Å². The van der Waals surface area contributed by atoms with E-state index in [0.717, 1.165) is 34.2 Å². The number of hydrogen-bond acceptors (Lipinski definition) is 4. The third kappa shape index (κ3) is 4.57. The van der Waals surface area contributed by atoms with Crippen LogP contribution < -0.4 is 19.7 Å². The molecule has 0 bridgehead atoms. The zero-order valence-electron chi connectivity index (χ0n) is 16.0. The van der Waals surface area contributed by atoms with Crippen LogP contribution in [0.25, 0.3) is 0 Å². The minimum Gasteiger partial charge on any atom is -0.493 e. The monoisotopic (exact) mass is 494 g/mol. The van der Waals surface area contributed by atoms with Crippen molar-refractivity contribution in [1.82, 2.24) is 5.32 Å². The van der Waals surface area contributed by atoms with E-state index in [2.05, 4.69) is 27.9 Å². The summed E-state index contributed by atoms with van der Waals surface area (Å²) in [6.45, 7) is 1.12. The normalized spacial score (nSPS) is 14.0. The minimum atomic E-state index is -0.190. The predicted molar refractivity (Wildman–Crippen MR) is 116 cm³/mol. The first-order valence-electron chi connectivity index (χ1n) is 9.12. The van der Waals surface area contributed by atoms with E-state index in [1.165, 1.54) is 0 Å². The molecule has 1 aliphatic heterocycles. The average molecular weight is 494 g/mol. The van der Waals surface area contributed by atoms with Gasteiger partial charge in [-0.15, -0.1) is 0 Å². The Labute approximate surface area is 178 Å². The first-order chi connectivity index (χ1) is 13.5. The second-order valence-corrected chi connectivity index (χ2v) is 7.70. The van der Waals surface area contributed by atoms with Crippen LogP contribution in [0.4, 0.5) is 5.69 Å². The largest absolute Gasteiger partial charge is 0.493 e. The van der Waals surface area contributed by atoms with Crippen molar-refractivity contribution in [3.8, 4) is 11.5 Å². The molecule has 2 aromatic rings. The van der Waals surface area contributed by atoms with E-state index in [1.807, 2.05) is 29.2 Å². The quantitative estimate of drug-likeness (QED) is 0.622. The summed E-state index contributed by atoms with van der Waals surface area (Å²) in [5.41, 5.74) is 2.36. The first kappa shape index (κ1) is 20.4. The Hall–Kier alpha value is -2.29. The van der Waals surface area contributed by atoms with Crippen LogP contribution in [0.2, 0.25) is 0 Å². The third-order valence-electron chi connectivity index (χ3n) is 4.72. The molecular weight excluding hydrogens is 471 g/mol. The second-order valence-electron chi connectivity index (χ2n) is 6.54. The fourth-order valence-electron chi connectivity index (χ4n) is 3.22. The van der Waals surface area contributed by atoms with Crippen LogP contribution in [0.3, 0.4) is 0 Å². The number of nitrogens with zero attached hydrogens (tertiary/aromatic N) is 1. The van der Waals surface area contributed by atoms with Crippen LogP contribution in [0, 0.1) is 3.57 Å². The van der Waals surface area contributed by atoms with Crippen molar-refractivity contribution in [2.24, 2.45) is 0 Å². The number of carbonyl (C=O) groups is 2. The number of piperidine rings is 1. The number of ether oxygens (including phenoxy) is 2. The molecule has 28 heavy (non-hydrogen) atoms. The number of rotatable bonds is 6. The lowest BCUT2D eigenvalue weighted by Crippen LogP contribution is -2.35. The van der Waals surface area contributed by atoms with Crippen molar-refractivity contribution in [2.45, 2.75) is 25.8 Å².